The van der Waals surface area contributed by atoms with Crippen LogP contribution in [0.5, 0.6) is 0 Å². The van der Waals surface area contributed by atoms with E-state index in [4.69, 9.17) is 4.42 Å². The zero-order valence-electron chi connectivity index (χ0n) is 8.98. The lowest BCUT2D eigenvalue weighted by Crippen LogP contribution is -2.02. The number of hydrogen-bond donors (Lipinski definition) is 1. The van der Waals surface area contributed by atoms with E-state index in [2.05, 4.69) is 0 Å². The third-order valence-corrected chi connectivity index (χ3v) is 2.29. The van der Waals surface area contributed by atoms with Crippen molar-refractivity contribution in [3.63, 3.8) is 0 Å². The van der Waals surface area contributed by atoms with Gasteiger partial charge in [-0.1, -0.05) is 0 Å². The number of rotatable bonds is 3. The fraction of sp³-hybridized carbons (Fsp3) is 0.231. The molecular formula is C13H13FO2. The molecule has 1 heterocycles. The van der Waals surface area contributed by atoms with Crippen LogP contribution >= 0.6 is 0 Å². The molecule has 0 aliphatic heterocycles. The summed E-state index contributed by atoms with van der Waals surface area (Å²) in [5, 5.41) is 9.21. The Hall–Kier alpha value is -1.61. The van der Waals surface area contributed by atoms with Crippen LogP contribution in [0.3, 0.4) is 0 Å². The molecule has 0 fully saturated rings. The van der Waals surface area contributed by atoms with E-state index in [0.29, 0.717) is 12.2 Å². The van der Waals surface area contributed by atoms with Crippen molar-refractivity contribution < 1.29 is 13.9 Å². The Morgan fingerprint density at radius 1 is 1.19 bits per heavy atom. The van der Waals surface area contributed by atoms with Gasteiger partial charge in [-0.2, -0.15) is 0 Å². The quantitative estimate of drug-likeness (QED) is 0.862. The highest BCUT2D eigenvalue weighted by Crippen LogP contribution is 2.22. The molecular weight excluding hydrogens is 207 g/mol. The van der Waals surface area contributed by atoms with E-state index < -0.39 is 6.10 Å². The number of hydrogen-bond acceptors (Lipinski definition) is 2. The summed E-state index contributed by atoms with van der Waals surface area (Å²) in [6.45, 7) is 1.71. The van der Waals surface area contributed by atoms with E-state index in [-0.39, 0.29) is 5.82 Å². The van der Waals surface area contributed by atoms with Crippen molar-refractivity contribution in [2.45, 2.75) is 19.4 Å². The van der Waals surface area contributed by atoms with E-state index in [9.17, 15) is 9.50 Å². The normalized spacial score (nSPS) is 12.7. The van der Waals surface area contributed by atoms with Crippen LogP contribution in [-0.2, 0) is 6.42 Å². The first-order valence-electron chi connectivity index (χ1n) is 5.18. The third kappa shape index (κ3) is 2.49. The molecule has 0 unspecified atom stereocenters. The van der Waals surface area contributed by atoms with Gasteiger partial charge in [-0.25, -0.2) is 4.39 Å². The van der Waals surface area contributed by atoms with Gasteiger partial charge >= 0.3 is 0 Å². The number of halogens is 1. The number of aliphatic hydroxyl groups is 1. The van der Waals surface area contributed by atoms with Crippen molar-refractivity contribution in [1.82, 2.24) is 0 Å². The second-order valence-electron chi connectivity index (χ2n) is 3.83. The molecule has 16 heavy (non-hydrogen) atoms. The van der Waals surface area contributed by atoms with E-state index >= 15 is 0 Å². The van der Waals surface area contributed by atoms with Crippen LogP contribution in [-0.4, -0.2) is 11.2 Å². The van der Waals surface area contributed by atoms with Crippen LogP contribution in [0.25, 0.3) is 11.3 Å². The Morgan fingerprint density at radius 3 is 2.50 bits per heavy atom. The summed E-state index contributed by atoms with van der Waals surface area (Å²) >= 11 is 0. The van der Waals surface area contributed by atoms with Gasteiger partial charge in [0, 0.05) is 12.0 Å². The Labute approximate surface area is 93.3 Å². The SMILES string of the molecule is C[C@H](O)Cc1ccc(-c2ccc(F)cc2)o1. The van der Waals surface area contributed by atoms with Crippen molar-refractivity contribution >= 4 is 0 Å². The molecule has 2 nitrogen and oxygen atoms in total. The van der Waals surface area contributed by atoms with Gasteiger partial charge in [0.05, 0.1) is 6.10 Å². The van der Waals surface area contributed by atoms with Crippen molar-refractivity contribution in [3.8, 4) is 11.3 Å². The van der Waals surface area contributed by atoms with Gasteiger partial charge in [-0.15, -0.1) is 0 Å². The highest BCUT2D eigenvalue weighted by molar-refractivity contribution is 5.57. The summed E-state index contributed by atoms with van der Waals surface area (Å²) in [6.07, 6.45) is 0.0634. The van der Waals surface area contributed by atoms with Gasteiger partial charge in [-0.05, 0) is 43.3 Å². The minimum Gasteiger partial charge on any atom is -0.461 e. The van der Waals surface area contributed by atoms with Gasteiger partial charge in [0.2, 0.25) is 0 Å². The largest absolute Gasteiger partial charge is 0.461 e. The maximum atomic E-state index is 12.7. The lowest BCUT2D eigenvalue weighted by molar-refractivity contribution is 0.187. The minimum atomic E-state index is -0.424. The summed E-state index contributed by atoms with van der Waals surface area (Å²) in [5.41, 5.74) is 0.832. The molecule has 0 saturated heterocycles. The van der Waals surface area contributed by atoms with E-state index in [1.807, 2.05) is 12.1 Å². The van der Waals surface area contributed by atoms with Crippen LogP contribution < -0.4 is 0 Å². The van der Waals surface area contributed by atoms with E-state index in [1.54, 1.807) is 19.1 Å². The van der Waals surface area contributed by atoms with Gasteiger partial charge in [0.25, 0.3) is 0 Å². The first-order chi connectivity index (χ1) is 7.65. The highest BCUT2D eigenvalue weighted by atomic mass is 19.1. The number of benzene rings is 1. The summed E-state index contributed by atoms with van der Waals surface area (Å²) in [5.74, 6) is 1.16. The molecule has 84 valence electrons. The average Bonchev–Trinajstić information content (AvgIpc) is 2.66. The standard InChI is InChI=1S/C13H13FO2/c1-9(15)8-12-6-7-13(16-12)10-2-4-11(14)5-3-10/h2-7,9,15H,8H2,1H3/t9-/m0/s1. The molecule has 0 radical (unpaired) electrons. The molecule has 1 N–H and O–H groups in total. The van der Waals surface area contributed by atoms with Crippen molar-refractivity contribution in [3.05, 3.63) is 48.0 Å². The van der Waals surface area contributed by atoms with Crippen LogP contribution in [0.15, 0.2) is 40.8 Å². The molecule has 0 amide bonds. The van der Waals surface area contributed by atoms with Crippen molar-refractivity contribution in [2.24, 2.45) is 0 Å². The monoisotopic (exact) mass is 220 g/mol. The molecule has 0 spiro atoms. The van der Waals surface area contributed by atoms with Crippen LogP contribution in [0.2, 0.25) is 0 Å². The summed E-state index contributed by atoms with van der Waals surface area (Å²) < 4.78 is 18.3. The van der Waals surface area contributed by atoms with Crippen molar-refractivity contribution in [1.29, 1.82) is 0 Å². The summed E-state index contributed by atoms with van der Waals surface area (Å²) in [4.78, 5) is 0. The van der Waals surface area contributed by atoms with Crippen molar-refractivity contribution in [2.75, 3.05) is 0 Å². The molecule has 1 aromatic heterocycles. The van der Waals surface area contributed by atoms with E-state index in [1.165, 1.54) is 12.1 Å². The first kappa shape index (κ1) is 10.9. The fourth-order valence-corrected chi connectivity index (χ4v) is 1.55. The predicted octanol–water partition coefficient (Wildman–Crippen LogP) is 3.01. The summed E-state index contributed by atoms with van der Waals surface area (Å²) in [7, 11) is 0. The molecule has 3 heteroatoms. The van der Waals surface area contributed by atoms with Crippen LogP contribution in [0, 0.1) is 5.82 Å². The second kappa shape index (κ2) is 4.49. The number of aliphatic hydroxyl groups excluding tert-OH is 1. The lowest BCUT2D eigenvalue weighted by Gasteiger charge is -2.00. The maximum absolute atomic E-state index is 12.7. The zero-order valence-corrected chi connectivity index (χ0v) is 8.98. The Balaban J connectivity index is 2.21. The molecule has 2 aromatic rings. The second-order valence-corrected chi connectivity index (χ2v) is 3.83. The van der Waals surface area contributed by atoms with E-state index in [0.717, 1.165) is 11.3 Å². The Bertz CT molecular complexity index is 457. The highest BCUT2D eigenvalue weighted by Gasteiger charge is 2.06. The lowest BCUT2D eigenvalue weighted by atomic mass is 10.2. The van der Waals surface area contributed by atoms with Gasteiger partial charge in [0.15, 0.2) is 0 Å². The molecule has 0 bridgehead atoms. The van der Waals surface area contributed by atoms with Crippen LogP contribution in [0.4, 0.5) is 4.39 Å². The number of furan rings is 1. The Morgan fingerprint density at radius 2 is 1.88 bits per heavy atom. The molecule has 2 rings (SSSR count). The molecule has 1 aromatic carbocycles. The topological polar surface area (TPSA) is 33.4 Å². The predicted molar refractivity (Wildman–Crippen MR) is 59.5 cm³/mol. The molecule has 0 aliphatic carbocycles. The summed E-state index contributed by atoms with van der Waals surface area (Å²) in [6, 6.07) is 9.77. The minimum absolute atomic E-state index is 0.264. The first-order valence-corrected chi connectivity index (χ1v) is 5.18. The van der Waals surface area contributed by atoms with Gasteiger partial charge in [-0.3, -0.25) is 0 Å². The van der Waals surface area contributed by atoms with Gasteiger partial charge < -0.3 is 9.52 Å². The maximum Gasteiger partial charge on any atom is 0.134 e. The van der Waals surface area contributed by atoms with Crippen LogP contribution in [0.1, 0.15) is 12.7 Å². The molecule has 0 aliphatic rings. The fourth-order valence-electron chi connectivity index (χ4n) is 1.55. The molecule has 0 saturated carbocycles. The zero-order chi connectivity index (χ0) is 11.5. The third-order valence-electron chi connectivity index (χ3n) is 2.29. The smallest absolute Gasteiger partial charge is 0.134 e. The Kier molecular flexibility index (Phi) is 3.06. The average molecular weight is 220 g/mol. The van der Waals surface area contributed by atoms with Gasteiger partial charge in [0.1, 0.15) is 17.3 Å². The molecule has 1 atom stereocenters.